The molecule has 0 unspecified atom stereocenters. The van der Waals surface area contributed by atoms with Gasteiger partial charge in [0.1, 0.15) is 11.5 Å². The highest BCUT2D eigenvalue weighted by Gasteiger charge is 2.16. The van der Waals surface area contributed by atoms with Crippen molar-refractivity contribution in [1.82, 2.24) is 10.3 Å². The maximum atomic E-state index is 12.7. The Bertz CT molecular complexity index is 1390. The minimum Gasteiger partial charge on any atom is -0.458 e. The number of aromatic nitrogens is 1. The summed E-state index contributed by atoms with van der Waals surface area (Å²) in [5.41, 5.74) is 0.641. The first-order chi connectivity index (χ1) is 14.6. The van der Waals surface area contributed by atoms with E-state index in [1.165, 1.54) is 39.7 Å². The number of amides is 2. The second-order valence-electron chi connectivity index (χ2n) is 6.57. The van der Waals surface area contributed by atoms with E-state index in [4.69, 9.17) is 4.42 Å². The van der Waals surface area contributed by atoms with Gasteiger partial charge in [0, 0.05) is 27.1 Å². The first kappa shape index (κ1) is 19.0. The van der Waals surface area contributed by atoms with Crippen molar-refractivity contribution in [2.24, 2.45) is 0 Å². The smallest absolute Gasteiger partial charge is 0.267 e. The molecule has 0 radical (unpaired) electrons. The Kier molecular flexibility index (Phi) is 4.86. The quantitative estimate of drug-likeness (QED) is 0.356. The number of hydrogen-bond donors (Lipinski definition) is 2. The minimum absolute atomic E-state index is 0.118. The lowest BCUT2D eigenvalue weighted by atomic mass is 10.2. The molecule has 0 spiro atoms. The number of carbonyl (C=O) groups is 2. The average molecular weight is 454 g/mol. The highest BCUT2D eigenvalue weighted by atomic mass is 32.1. The summed E-state index contributed by atoms with van der Waals surface area (Å²) >= 11 is 4.53. The fourth-order valence-electron chi connectivity index (χ4n) is 3.04. The number of fused-ring (bicyclic) bond motifs is 3. The normalized spacial score (nSPS) is 11.2. The van der Waals surface area contributed by atoms with Crippen LogP contribution in [0.4, 0.5) is 5.13 Å². The largest absolute Gasteiger partial charge is 0.458 e. The van der Waals surface area contributed by atoms with Gasteiger partial charge in [-0.2, -0.15) is 0 Å². The number of benzene rings is 1. The Balaban J connectivity index is 1.32. The molecule has 0 aliphatic heterocycles. The van der Waals surface area contributed by atoms with Crippen molar-refractivity contribution in [2.75, 3.05) is 5.32 Å². The predicted molar refractivity (Wildman–Crippen MR) is 122 cm³/mol. The zero-order valence-corrected chi connectivity index (χ0v) is 18.2. The second kappa shape index (κ2) is 7.67. The summed E-state index contributed by atoms with van der Waals surface area (Å²) in [6.07, 6.45) is 0. The summed E-state index contributed by atoms with van der Waals surface area (Å²) in [7, 11) is 0. The van der Waals surface area contributed by atoms with Crippen LogP contribution in [0.15, 0.2) is 52.3 Å². The average Bonchev–Trinajstić information content (AvgIpc) is 3.49. The van der Waals surface area contributed by atoms with Crippen molar-refractivity contribution < 1.29 is 14.0 Å². The molecular weight excluding hydrogens is 438 g/mol. The molecular formula is C21H15N3O3S3. The molecule has 2 amide bonds. The third kappa shape index (κ3) is 3.62. The molecule has 2 N–H and O–H groups in total. The van der Waals surface area contributed by atoms with Gasteiger partial charge >= 0.3 is 0 Å². The number of rotatable bonds is 5. The molecule has 0 bridgehead atoms. The molecule has 0 fully saturated rings. The Labute approximate surface area is 183 Å². The number of carbonyl (C=O) groups excluding carboxylic acids is 2. The molecule has 0 aliphatic rings. The highest BCUT2D eigenvalue weighted by Crippen LogP contribution is 2.39. The standard InChI is InChI=1S/C21H15N3O3S3/c1-11(25)22-9-12-6-7-15(27-12)14-10-28-21(23-14)24-20(26)18-8-17-19(30-18)13-4-2-3-5-16(13)29-17/h2-8,10H,9H2,1H3,(H,22,25)(H,23,24,26). The summed E-state index contributed by atoms with van der Waals surface area (Å²) < 4.78 is 9.20. The highest BCUT2D eigenvalue weighted by molar-refractivity contribution is 7.33. The van der Waals surface area contributed by atoms with Crippen LogP contribution in [-0.2, 0) is 11.3 Å². The van der Waals surface area contributed by atoms with Gasteiger partial charge in [-0.3, -0.25) is 14.9 Å². The molecule has 150 valence electrons. The van der Waals surface area contributed by atoms with Gasteiger partial charge in [0.15, 0.2) is 10.9 Å². The third-order valence-electron chi connectivity index (χ3n) is 4.42. The predicted octanol–water partition coefficient (Wildman–Crippen LogP) is 5.72. The van der Waals surface area contributed by atoms with Gasteiger partial charge in [0.2, 0.25) is 5.91 Å². The fourth-order valence-corrected chi connectivity index (χ4v) is 6.15. The molecule has 0 atom stereocenters. The van der Waals surface area contributed by atoms with E-state index in [9.17, 15) is 9.59 Å². The van der Waals surface area contributed by atoms with Gasteiger partial charge in [0.05, 0.1) is 16.1 Å². The zero-order chi connectivity index (χ0) is 20.7. The number of thiazole rings is 1. The van der Waals surface area contributed by atoms with Crippen molar-refractivity contribution in [3.8, 4) is 11.5 Å². The van der Waals surface area contributed by atoms with Crippen molar-refractivity contribution >= 4 is 70.4 Å². The van der Waals surface area contributed by atoms with Crippen molar-refractivity contribution in [3.63, 3.8) is 0 Å². The monoisotopic (exact) mass is 453 g/mol. The Morgan fingerprint density at radius 2 is 1.97 bits per heavy atom. The van der Waals surface area contributed by atoms with E-state index in [1.54, 1.807) is 23.5 Å². The number of hydrogen-bond acceptors (Lipinski definition) is 7. The summed E-state index contributed by atoms with van der Waals surface area (Å²) in [5, 5.41) is 9.10. The summed E-state index contributed by atoms with van der Waals surface area (Å²) in [5.74, 6) is 0.951. The Morgan fingerprint density at radius 3 is 2.83 bits per heavy atom. The Hall–Kier alpha value is -3.01. The summed E-state index contributed by atoms with van der Waals surface area (Å²) in [4.78, 5) is 28.9. The molecule has 0 aliphatic carbocycles. The van der Waals surface area contributed by atoms with Gasteiger partial charge in [0.25, 0.3) is 5.91 Å². The molecule has 6 nitrogen and oxygen atoms in total. The van der Waals surface area contributed by atoms with Gasteiger partial charge in [-0.05, 0) is 24.3 Å². The first-order valence-electron chi connectivity index (χ1n) is 9.08. The molecule has 0 saturated carbocycles. The summed E-state index contributed by atoms with van der Waals surface area (Å²) in [6, 6.07) is 13.8. The van der Waals surface area contributed by atoms with Crippen molar-refractivity contribution in [1.29, 1.82) is 0 Å². The van der Waals surface area contributed by atoms with E-state index in [0.29, 0.717) is 33.8 Å². The van der Waals surface area contributed by atoms with Crippen LogP contribution in [0.1, 0.15) is 22.4 Å². The van der Waals surface area contributed by atoms with Crippen LogP contribution in [0.3, 0.4) is 0 Å². The van der Waals surface area contributed by atoms with Crippen LogP contribution >= 0.6 is 34.0 Å². The third-order valence-corrected chi connectivity index (χ3v) is 7.60. The van der Waals surface area contributed by atoms with Crippen LogP contribution in [0.2, 0.25) is 0 Å². The number of thiophene rings is 2. The number of nitrogens with one attached hydrogen (secondary N) is 2. The molecule has 4 heterocycles. The fraction of sp³-hybridized carbons (Fsp3) is 0.0952. The van der Waals surface area contributed by atoms with Crippen LogP contribution < -0.4 is 10.6 Å². The van der Waals surface area contributed by atoms with Crippen LogP contribution in [0.5, 0.6) is 0 Å². The maximum Gasteiger partial charge on any atom is 0.267 e. The van der Waals surface area contributed by atoms with Crippen LogP contribution in [0.25, 0.3) is 30.9 Å². The van der Waals surface area contributed by atoms with E-state index in [0.717, 1.165) is 9.40 Å². The SMILES string of the molecule is CC(=O)NCc1ccc(-c2csc(NC(=O)c3cc4sc5ccccc5c4s3)n2)o1. The molecule has 5 aromatic rings. The lowest BCUT2D eigenvalue weighted by molar-refractivity contribution is -0.119. The molecule has 4 aromatic heterocycles. The lowest BCUT2D eigenvalue weighted by Crippen LogP contribution is -2.18. The topological polar surface area (TPSA) is 84.2 Å². The summed E-state index contributed by atoms with van der Waals surface area (Å²) in [6.45, 7) is 1.78. The van der Waals surface area contributed by atoms with Gasteiger partial charge in [-0.15, -0.1) is 34.0 Å². The van der Waals surface area contributed by atoms with E-state index in [2.05, 4.69) is 27.8 Å². The van der Waals surface area contributed by atoms with Crippen molar-refractivity contribution in [3.05, 3.63) is 58.5 Å². The lowest BCUT2D eigenvalue weighted by Gasteiger charge is -1.98. The van der Waals surface area contributed by atoms with E-state index >= 15 is 0 Å². The Morgan fingerprint density at radius 1 is 1.10 bits per heavy atom. The molecule has 30 heavy (non-hydrogen) atoms. The maximum absolute atomic E-state index is 12.7. The van der Waals surface area contributed by atoms with E-state index in [-0.39, 0.29) is 11.8 Å². The molecule has 0 saturated heterocycles. The number of furan rings is 1. The molecule has 9 heteroatoms. The second-order valence-corrected chi connectivity index (χ2v) is 9.56. The van der Waals surface area contributed by atoms with Crippen LogP contribution in [-0.4, -0.2) is 16.8 Å². The van der Waals surface area contributed by atoms with Crippen LogP contribution in [0, 0.1) is 0 Å². The van der Waals surface area contributed by atoms with Gasteiger partial charge in [-0.25, -0.2) is 4.98 Å². The number of anilines is 1. The van der Waals surface area contributed by atoms with Gasteiger partial charge < -0.3 is 9.73 Å². The minimum atomic E-state index is -0.167. The molecule has 5 rings (SSSR count). The zero-order valence-electron chi connectivity index (χ0n) is 15.7. The molecule has 1 aromatic carbocycles. The van der Waals surface area contributed by atoms with E-state index in [1.807, 2.05) is 23.6 Å². The first-order valence-corrected chi connectivity index (χ1v) is 11.6. The number of nitrogens with zero attached hydrogens (tertiary/aromatic N) is 1. The van der Waals surface area contributed by atoms with Gasteiger partial charge in [-0.1, -0.05) is 18.2 Å². The van der Waals surface area contributed by atoms with Crippen molar-refractivity contribution in [2.45, 2.75) is 13.5 Å². The van der Waals surface area contributed by atoms with E-state index < -0.39 is 0 Å².